The molecule has 15 heavy (non-hydrogen) atoms. The Morgan fingerprint density at radius 1 is 1.67 bits per heavy atom. The average Bonchev–Trinajstić information content (AvgIpc) is 2.49. The molecule has 0 spiro atoms. The van der Waals surface area contributed by atoms with Gasteiger partial charge in [0.25, 0.3) is 5.91 Å². The molecule has 1 aromatic rings. The van der Waals surface area contributed by atoms with Gasteiger partial charge in [-0.3, -0.25) is 14.3 Å². The van der Waals surface area contributed by atoms with Crippen LogP contribution in [0.25, 0.3) is 0 Å². The van der Waals surface area contributed by atoms with E-state index in [9.17, 15) is 18.0 Å². The van der Waals surface area contributed by atoms with Crippen LogP contribution in [-0.2, 0) is 11.9 Å². The van der Waals surface area contributed by atoms with Crippen molar-refractivity contribution in [2.24, 2.45) is 7.05 Å². The molecule has 6 nitrogen and oxygen atoms in total. The topological polar surface area (TPSA) is 69.0 Å². The van der Waals surface area contributed by atoms with E-state index in [2.05, 4.69) is 15.1 Å². The standard InChI is InChI=1S/C6H7F3N4O2/c1-13-2-4(10-12-13)5(14)11-15-3-6(7,8)9/h2H,3H2,1H3,(H,11,14). The van der Waals surface area contributed by atoms with E-state index in [1.807, 2.05) is 0 Å². The van der Waals surface area contributed by atoms with E-state index >= 15 is 0 Å². The molecule has 1 N–H and O–H groups in total. The molecule has 1 rings (SSSR count). The first-order chi connectivity index (χ1) is 6.88. The second kappa shape index (κ2) is 4.26. The van der Waals surface area contributed by atoms with Crippen molar-refractivity contribution in [1.29, 1.82) is 0 Å². The van der Waals surface area contributed by atoms with Gasteiger partial charge in [0.1, 0.15) is 0 Å². The lowest BCUT2D eigenvalue weighted by Crippen LogP contribution is -2.29. The van der Waals surface area contributed by atoms with Gasteiger partial charge in [-0.2, -0.15) is 13.2 Å². The van der Waals surface area contributed by atoms with E-state index in [1.54, 1.807) is 5.48 Å². The van der Waals surface area contributed by atoms with Crippen LogP contribution < -0.4 is 5.48 Å². The predicted octanol–water partition coefficient (Wildman–Crippen LogP) is 0.0388. The number of hydrogen-bond donors (Lipinski definition) is 1. The van der Waals surface area contributed by atoms with Gasteiger partial charge in [0, 0.05) is 7.05 Å². The number of rotatable bonds is 3. The monoisotopic (exact) mass is 224 g/mol. The molecule has 0 aliphatic rings. The Labute approximate surface area is 82.0 Å². The normalized spacial score (nSPS) is 11.5. The van der Waals surface area contributed by atoms with Crippen LogP contribution in [0.2, 0.25) is 0 Å². The number of aromatic nitrogens is 3. The maximum absolute atomic E-state index is 11.6. The average molecular weight is 224 g/mol. The minimum atomic E-state index is -4.49. The van der Waals surface area contributed by atoms with E-state index in [1.165, 1.54) is 17.9 Å². The van der Waals surface area contributed by atoms with Crippen LogP contribution in [0.4, 0.5) is 13.2 Å². The summed E-state index contributed by atoms with van der Waals surface area (Å²) < 4.78 is 36.0. The van der Waals surface area contributed by atoms with Crippen LogP contribution in [-0.4, -0.2) is 33.7 Å². The zero-order valence-corrected chi connectivity index (χ0v) is 7.58. The van der Waals surface area contributed by atoms with Crippen molar-refractivity contribution >= 4 is 5.91 Å². The third-order valence-corrected chi connectivity index (χ3v) is 1.24. The highest BCUT2D eigenvalue weighted by molar-refractivity contribution is 5.90. The minimum Gasteiger partial charge on any atom is -0.265 e. The highest BCUT2D eigenvalue weighted by atomic mass is 19.4. The number of amides is 1. The second-order valence-electron chi connectivity index (χ2n) is 2.61. The molecule has 0 aliphatic heterocycles. The van der Waals surface area contributed by atoms with Crippen LogP contribution in [0.1, 0.15) is 10.5 Å². The zero-order valence-electron chi connectivity index (χ0n) is 7.58. The molecular weight excluding hydrogens is 217 g/mol. The van der Waals surface area contributed by atoms with Crippen LogP contribution >= 0.6 is 0 Å². The van der Waals surface area contributed by atoms with Gasteiger partial charge >= 0.3 is 6.18 Å². The van der Waals surface area contributed by atoms with E-state index < -0.39 is 18.7 Å². The van der Waals surface area contributed by atoms with Gasteiger partial charge in [0.05, 0.1) is 6.20 Å². The fourth-order valence-electron chi connectivity index (χ4n) is 0.687. The molecule has 0 fully saturated rings. The summed E-state index contributed by atoms with van der Waals surface area (Å²) >= 11 is 0. The van der Waals surface area contributed by atoms with Crippen molar-refractivity contribution in [3.63, 3.8) is 0 Å². The molecule has 1 aromatic heterocycles. The highest BCUT2D eigenvalue weighted by Crippen LogP contribution is 2.13. The molecule has 0 saturated heterocycles. The van der Waals surface area contributed by atoms with Crippen molar-refractivity contribution in [3.8, 4) is 0 Å². The smallest absolute Gasteiger partial charge is 0.265 e. The van der Waals surface area contributed by atoms with Gasteiger partial charge in [-0.25, -0.2) is 5.48 Å². The van der Waals surface area contributed by atoms with Gasteiger partial charge in [-0.05, 0) is 0 Å². The maximum atomic E-state index is 11.6. The van der Waals surface area contributed by atoms with Crippen molar-refractivity contribution in [2.75, 3.05) is 6.61 Å². The Bertz CT molecular complexity index is 348. The molecule has 0 bridgehead atoms. The van der Waals surface area contributed by atoms with Crippen LogP contribution in [0.15, 0.2) is 6.20 Å². The lowest BCUT2D eigenvalue weighted by Gasteiger charge is -2.06. The van der Waals surface area contributed by atoms with E-state index in [0.717, 1.165) is 0 Å². The number of nitrogens with one attached hydrogen (secondary N) is 1. The van der Waals surface area contributed by atoms with Gasteiger partial charge in [0.15, 0.2) is 12.3 Å². The molecule has 1 heterocycles. The Balaban J connectivity index is 2.37. The first kappa shape index (κ1) is 11.4. The first-order valence-electron chi connectivity index (χ1n) is 3.74. The number of carbonyl (C=O) groups excluding carboxylic acids is 1. The molecule has 0 saturated carbocycles. The molecule has 0 radical (unpaired) electrons. The van der Waals surface area contributed by atoms with Gasteiger partial charge in [-0.15, -0.1) is 5.10 Å². The van der Waals surface area contributed by atoms with Gasteiger partial charge < -0.3 is 0 Å². The fraction of sp³-hybridized carbons (Fsp3) is 0.500. The Morgan fingerprint density at radius 3 is 2.80 bits per heavy atom. The molecule has 9 heteroatoms. The molecular formula is C6H7F3N4O2. The summed E-state index contributed by atoms with van der Waals surface area (Å²) in [4.78, 5) is 14.9. The number of carbonyl (C=O) groups is 1. The number of alkyl halides is 3. The number of aryl methyl sites for hydroxylation is 1. The van der Waals surface area contributed by atoms with Crippen molar-refractivity contribution in [1.82, 2.24) is 20.5 Å². The van der Waals surface area contributed by atoms with Crippen LogP contribution in [0.3, 0.4) is 0 Å². The van der Waals surface area contributed by atoms with Crippen LogP contribution in [0, 0.1) is 0 Å². The maximum Gasteiger partial charge on any atom is 0.414 e. The number of hydrogen-bond acceptors (Lipinski definition) is 4. The molecule has 84 valence electrons. The Morgan fingerprint density at radius 2 is 2.33 bits per heavy atom. The lowest BCUT2D eigenvalue weighted by molar-refractivity contribution is -0.184. The fourth-order valence-corrected chi connectivity index (χ4v) is 0.687. The third-order valence-electron chi connectivity index (χ3n) is 1.24. The molecule has 0 aliphatic carbocycles. The SMILES string of the molecule is Cn1cc(C(=O)NOCC(F)(F)F)nn1. The largest absolute Gasteiger partial charge is 0.414 e. The summed E-state index contributed by atoms with van der Waals surface area (Å²) in [5.41, 5.74) is 1.47. The first-order valence-corrected chi connectivity index (χ1v) is 3.74. The van der Waals surface area contributed by atoms with Gasteiger partial charge in [-0.1, -0.05) is 5.21 Å². The predicted molar refractivity (Wildman–Crippen MR) is 40.5 cm³/mol. The van der Waals surface area contributed by atoms with Crippen molar-refractivity contribution in [2.45, 2.75) is 6.18 Å². The molecule has 0 aromatic carbocycles. The minimum absolute atomic E-state index is 0.125. The summed E-state index contributed by atoms with van der Waals surface area (Å²) in [5.74, 6) is -0.882. The second-order valence-corrected chi connectivity index (χ2v) is 2.61. The van der Waals surface area contributed by atoms with Crippen molar-refractivity contribution in [3.05, 3.63) is 11.9 Å². The molecule has 0 unspecified atom stereocenters. The molecule has 1 amide bonds. The lowest BCUT2D eigenvalue weighted by atomic mass is 10.5. The zero-order chi connectivity index (χ0) is 11.5. The summed E-state index contributed by atoms with van der Waals surface area (Å²) in [5, 5.41) is 6.79. The van der Waals surface area contributed by atoms with E-state index in [0.29, 0.717) is 0 Å². The highest BCUT2D eigenvalue weighted by Gasteiger charge is 2.28. The van der Waals surface area contributed by atoms with E-state index in [4.69, 9.17) is 0 Å². The Hall–Kier alpha value is -1.64. The summed E-state index contributed by atoms with van der Waals surface area (Å²) in [6, 6.07) is 0. The number of nitrogens with zero attached hydrogens (tertiary/aromatic N) is 3. The van der Waals surface area contributed by atoms with E-state index in [-0.39, 0.29) is 5.69 Å². The van der Waals surface area contributed by atoms with Gasteiger partial charge in [0.2, 0.25) is 0 Å². The third kappa shape index (κ3) is 3.94. The quantitative estimate of drug-likeness (QED) is 0.736. The summed E-state index contributed by atoms with van der Waals surface area (Å²) in [7, 11) is 1.51. The number of halogens is 3. The number of hydroxylamine groups is 1. The summed E-state index contributed by atoms with van der Waals surface area (Å²) in [6.45, 7) is -1.56. The molecule has 0 atom stereocenters. The van der Waals surface area contributed by atoms with Crippen LogP contribution in [0.5, 0.6) is 0 Å². The summed E-state index contributed by atoms with van der Waals surface area (Å²) in [6.07, 6.45) is -3.25. The Kier molecular flexibility index (Phi) is 3.24. The van der Waals surface area contributed by atoms with Crippen molar-refractivity contribution < 1.29 is 22.8 Å².